The first kappa shape index (κ1) is 57.8. The van der Waals surface area contributed by atoms with Gasteiger partial charge >= 0.3 is 28.3 Å². The first-order valence-corrected chi connectivity index (χ1v) is 20.6. The Morgan fingerprint density at radius 1 is 0.697 bits per heavy atom. The Bertz CT molecular complexity index is 2730. The number of nitrogens with zero attached hydrogens (tertiary/aromatic N) is 2. The number of aryl methyl sites for hydroxylation is 1. The van der Waals surface area contributed by atoms with Crippen LogP contribution in [0.25, 0.3) is 22.2 Å². The number of anilines is 2. The molecule has 7 N–H and O–H groups in total. The molecule has 362 valence electrons. The zero-order valence-corrected chi connectivity index (χ0v) is 41.3. The van der Waals surface area contributed by atoms with Crippen molar-refractivity contribution in [1.29, 1.82) is 0 Å². The molecule has 0 aliphatic heterocycles. The largest absolute Gasteiger partial charge is 0.501 e. The summed E-state index contributed by atoms with van der Waals surface area (Å²) in [4.78, 5) is 57.8. The minimum absolute atomic E-state index is 0. The maximum Gasteiger partial charge on any atom is 0.417 e. The predicted molar refractivity (Wildman–Crippen MR) is 257 cm³/mol. The van der Waals surface area contributed by atoms with Gasteiger partial charge in [-0.2, -0.15) is 0 Å². The van der Waals surface area contributed by atoms with E-state index in [1.807, 2.05) is 72.7 Å². The van der Waals surface area contributed by atoms with E-state index in [1.54, 1.807) is 24.3 Å². The molecule has 0 radical (unpaired) electrons. The first-order chi connectivity index (χ1) is 29.6. The summed E-state index contributed by atoms with van der Waals surface area (Å²) in [5, 5.41) is 31.0. The number of allylic oxidation sites excluding steroid dienone is 2. The number of nitrogen functional groups attached to an aromatic ring is 2. The van der Waals surface area contributed by atoms with E-state index >= 15 is 0 Å². The number of aromatic hydroxyl groups is 1. The van der Waals surface area contributed by atoms with Gasteiger partial charge in [0.05, 0.1) is 32.3 Å². The van der Waals surface area contributed by atoms with Crippen LogP contribution in [0.3, 0.4) is 0 Å². The molecule has 2 aromatic heterocycles. The van der Waals surface area contributed by atoms with Crippen molar-refractivity contribution in [2.45, 2.75) is 111 Å². The number of carbonyl (C=O) groups is 1. The second-order valence-corrected chi connectivity index (χ2v) is 18.3. The maximum absolute atomic E-state index is 11.1. The number of hydrogen-bond donors (Lipinski definition) is 5. The number of ether oxygens (including phenoxy) is 1. The summed E-state index contributed by atoms with van der Waals surface area (Å²) < 4.78 is 14.3. The van der Waals surface area contributed by atoms with Crippen LogP contribution in [-0.2, 0) is 36.7 Å². The van der Waals surface area contributed by atoms with Crippen LogP contribution in [0.15, 0.2) is 91.2 Å². The van der Waals surface area contributed by atoms with Crippen molar-refractivity contribution < 1.29 is 53.7 Å². The van der Waals surface area contributed by atoms with Gasteiger partial charge in [0.2, 0.25) is 11.3 Å². The molecule has 0 amide bonds. The molecule has 1 aliphatic carbocycles. The summed E-state index contributed by atoms with van der Waals surface area (Å²) in [7, 11) is 0. The van der Waals surface area contributed by atoms with E-state index in [0.29, 0.717) is 28.1 Å². The molecule has 0 saturated heterocycles. The van der Waals surface area contributed by atoms with E-state index in [-0.39, 0.29) is 66.7 Å². The molecule has 6 aromatic rings. The van der Waals surface area contributed by atoms with Crippen molar-refractivity contribution in [3.8, 4) is 11.5 Å². The Hall–Kier alpha value is -6.22. The number of hydrogen-bond acceptors (Lipinski definition) is 13. The number of phenolic OH excluding ortho intramolecular Hbond substituents is 1. The monoisotopic (exact) mass is 1030 g/mol. The molecule has 0 fully saturated rings. The van der Waals surface area contributed by atoms with Crippen LogP contribution in [0.2, 0.25) is 0 Å². The molecule has 7 rings (SSSR count). The third-order valence-corrected chi connectivity index (χ3v) is 9.62. The Morgan fingerprint density at radius 3 is 1.50 bits per heavy atom. The van der Waals surface area contributed by atoms with Crippen molar-refractivity contribution >= 4 is 62.0 Å². The topological polar surface area (TPSA) is 277 Å². The molecule has 0 atom stereocenters. The van der Waals surface area contributed by atoms with Crippen molar-refractivity contribution in [3.63, 3.8) is 0 Å². The number of oxazole rings is 2. The fraction of sp³-hybridized carbons (Fsp3) is 0.362. The van der Waals surface area contributed by atoms with Gasteiger partial charge in [0.15, 0.2) is 5.58 Å². The van der Waals surface area contributed by atoms with Gasteiger partial charge in [-0.3, -0.25) is 30.2 Å². The summed E-state index contributed by atoms with van der Waals surface area (Å²) in [6.07, 6.45) is 10.0. The standard InChI is InChI=1S/C11H12N2O4.C11H14N2O2.C10H14N2O3.C8H7ClO2.C6H10.CH3.Pd/c1-11(2,3)6-4-7-9(17-10(14)12-7)8(5-6)13(15)16;1-11(2,3)6-4-7(12)9-8(5-6)13-10(14)15-9;1-10(2,3)6-4-7(11)9(13)8(5-6)12(14)15;1-6-2-4-7(5-3-6)11-8(9)10;1-2-4-6-5-3-1;;/h4-5H,1-3H3,(H,12,14);4-5H,12H2,1-3H3,(H,13,14);4-5,13H,11H2,1-3H3;2-5H,1H3;1-2H,3-6H2;1H3;/q;;;;;-1;. The van der Waals surface area contributed by atoms with Crippen molar-refractivity contribution in [1.82, 2.24) is 9.97 Å². The average Bonchev–Trinajstić information content (AvgIpc) is 3.77. The van der Waals surface area contributed by atoms with Gasteiger partial charge in [-0.05, 0) is 102 Å². The Balaban J connectivity index is 0.000000421. The van der Waals surface area contributed by atoms with Crippen LogP contribution >= 0.6 is 11.6 Å². The van der Waals surface area contributed by atoms with Gasteiger partial charge in [-0.1, -0.05) is 92.2 Å². The molecule has 2 heterocycles. The molecule has 0 unspecified atom stereocenters. The Morgan fingerprint density at radius 2 is 1.09 bits per heavy atom. The molecule has 17 nitrogen and oxygen atoms in total. The third-order valence-electron chi connectivity index (χ3n) is 9.54. The molecule has 19 heteroatoms. The first-order valence-electron chi connectivity index (χ1n) is 20.2. The summed E-state index contributed by atoms with van der Waals surface area (Å²) >= 11 is 4.99. The molecule has 66 heavy (non-hydrogen) atoms. The van der Waals surface area contributed by atoms with Crippen LogP contribution in [0.4, 0.5) is 27.5 Å². The van der Waals surface area contributed by atoms with E-state index in [1.165, 1.54) is 37.8 Å². The number of H-pyrrole nitrogens is 2. The average molecular weight is 1030 g/mol. The fourth-order valence-electron chi connectivity index (χ4n) is 5.80. The number of non-ortho nitro benzene ring substituents is 1. The number of aromatic amines is 2. The Labute approximate surface area is 401 Å². The number of carbonyl (C=O) groups excluding carboxylic acids is 1. The van der Waals surface area contributed by atoms with Gasteiger partial charge in [0.25, 0.3) is 0 Å². The number of fused-ring (bicyclic) bond motifs is 2. The van der Waals surface area contributed by atoms with Crippen LogP contribution in [0, 0.1) is 34.6 Å². The number of benzene rings is 4. The van der Waals surface area contributed by atoms with E-state index in [9.17, 15) is 39.7 Å². The summed E-state index contributed by atoms with van der Waals surface area (Å²) in [5.41, 5.74) is 15.1. The molecular weight excluding hydrogens is 966 g/mol. The van der Waals surface area contributed by atoms with Gasteiger partial charge < -0.3 is 37.6 Å². The van der Waals surface area contributed by atoms with Crippen LogP contribution in [-0.4, -0.2) is 30.3 Å². The van der Waals surface area contributed by atoms with Crippen molar-refractivity contribution in [2.75, 3.05) is 11.5 Å². The van der Waals surface area contributed by atoms with Crippen molar-refractivity contribution in [2.24, 2.45) is 0 Å². The number of nitro benzene ring substituents is 2. The van der Waals surface area contributed by atoms with Crippen LogP contribution < -0.4 is 27.7 Å². The number of halogens is 1. The predicted octanol–water partition coefficient (Wildman–Crippen LogP) is 11.8. The molecule has 4 aromatic carbocycles. The quantitative estimate of drug-likeness (QED) is 0.0161. The van der Waals surface area contributed by atoms with E-state index in [4.69, 9.17) is 31.9 Å². The second-order valence-electron chi connectivity index (χ2n) is 17.9. The molecule has 0 bridgehead atoms. The summed E-state index contributed by atoms with van der Waals surface area (Å²) in [5.74, 6) is -1.15. The minimum Gasteiger partial charge on any atom is -0.501 e. The minimum atomic E-state index is -0.811. The summed E-state index contributed by atoms with van der Waals surface area (Å²) in [6, 6.07) is 16.9. The van der Waals surface area contributed by atoms with E-state index in [2.05, 4.69) is 47.6 Å². The normalized spacial score (nSPS) is 11.9. The van der Waals surface area contributed by atoms with Gasteiger partial charge in [0, 0.05) is 44.2 Å². The van der Waals surface area contributed by atoms with Gasteiger partial charge in [0.1, 0.15) is 5.75 Å². The molecule has 1 aliphatic rings. The van der Waals surface area contributed by atoms with E-state index < -0.39 is 32.5 Å². The number of phenols is 1. The number of nitrogens with one attached hydrogen (secondary N) is 2. The number of rotatable bonds is 3. The summed E-state index contributed by atoms with van der Waals surface area (Å²) in [6.45, 7) is 19.8. The Kier molecular flexibility index (Phi) is 21.3. The van der Waals surface area contributed by atoms with Crippen LogP contribution in [0.1, 0.15) is 110 Å². The SMILES string of the molecule is C1=CCCCC1.CC(C)(C)c1cc(N)c(O)c([N+](=O)[O-])c1.CC(C)(C)c1cc(N)c2oc(=O)[nH]c2c1.CC(C)(C)c1cc([N+](=O)[O-])c2oc(=O)[nH]c2c1.Cc1ccc(OC(=O)Cl)cc1.[CH3-].[Pd]. The van der Waals surface area contributed by atoms with Gasteiger partial charge in [-0.25, -0.2) is 14.4 Å². The number of nitrogens with two attached hydrogens (primary N) is 2. The van der Waals surface area contributed by atoms with Gasteiger partial charge in [-0.15, -0.1) is 0 Å². The number of aromatic nitrogens is 2. The van der Waals surface area contributed by atoms with Crippen LogP contribution in [0.5, 0.6) is 11.5 Å². The maximum atomic E-state index is 11.1. The second kappa shape index (κ2) is 24.3. The zero-order chi connectivity index (χ0) is 48.3. The molecule has 0 spiro atoms. The zero-order valence-electron chi connectivity index (χ0n) is 39.0. The number of nitro groups is 2. The van der Waals surface area contributed by atoms with E-state index in [0.717, 1.165) is 22.3 Å². The molecular formula is C47H60ClN6O11Pd-. The van der Waals surface area contributed by atoms with Crippen molar-refractivity contribution in [3.05, 3.63) is 144 Å². The fourth-order valence-corrected chi connectivity index (χ4v) is 5.89. The smallest absolute Gasteiger partial charge is 0.417 e. The third kappa shape index (κ3) is 17.3. The molecule has 0 saturated carbocycles.